The van der Waals surface area contributed by atoms with E-state index < -0.39 is 0 Å². The third-order valence-corrected chi connectivity index (χ3v) is 4.63. The van der Waals surface area contributed by atoms with Crippen molar-refractivity contribution in [3.63, 3.8) is 0 Å². The predicted octanol–water partition coefficient (Wildman–Crippen LogP) is 5.64. The van der Waals surface area contributed by atoms with Crippen molar-refractivity contribution in [1.29, 1.82) is 0 Å². The van der Waals surface area contributed by atoms with Gasteiger partial charge in [-0.25, -0.2) is 10.3 Å². The Kier molecular flexibility index (Phi) is 10.1. The molecule has 0 bridgehead atoms. The van der Waals surface area contributed by atoms with E-state index in [0.29, 0.717) is 12.2 Å². The maximum atomic E-state index is 12.1. The monoisotopic (exact) mass is 359 g/mol. The molecule has 1 aromatic carbocycles. The molecule has 1 aliphatic heterocycles. The van der Waals surface area contributed by atoms with Gasteiger partial charge in [-0.1, -0.05) is 63.3 Å². The second kappa shape index (κ2) is 12.7. The zero-order chi connectivity index (χ0) is 18.5. The Balaban J connectivity index is 1.64. The average Bonchev–Trinajstić information content (AvgIpc) is 2.69. The van der Waals surface area contributed by atoms with Crippen LogP contribution in [0.1, 0.15) is 87.1 Å². The van der Waals surface area contributed by atoms with Gasteiger partial charge in [0.05, 0.1) is 0 Å². The molecule has 1 N–H and O–H groups in total. The van der Waals surface area contributed by atoms with Crippen molar-refractivity contribution in [2.75, 3.05) is 6.61 Å². The SMILES string of the molecule is CCCCCCCC/C=C\c1ccc(C(=O)NOC2CCCCO2)cc1. The van der Waals surface area contributed by atoms with Gasteiger partial charge in [0.1, 0.15) is 0 Å². The number of carbonyl (C=O) groups is 1. The zero-order valence-electron chi connectivity index (χ0n) is 16.0. The lowest BCUT2D eigenvalue weighted by atomic mass is 10.1. The number of rotatable bonds is 11. The number of carbonyl (C=O) groups excluding carboxylic acids is 1. The smallest absolute Gasteiger partial charge is 0.274 e. The minimum Gasteiger partial charge on any atom is -0.350 e. The largest absolute Gasteiger partial charge is 0.350 e. The summed E-state index contributed by atoms with van der Waals surface area (Å²) in [5.74, 6) is -0.234. The minimum absolute atomic E-state index is 0.234. The zero-order valence-corrected chi connectivity index (χ0v) is 16.0. The molecule has 1 aromatic rings. The summed E-state index contributed by atoms with van der Waals surface area (Å²) >= 11 is 0. The van der Waals surface area contributed by atoms with Gasteiger partial charge in [-0.05, 0) is 43.4 Å². The Bertz CT molecular complexity index is 533. The summed E-state index contributed by atoms with van der Waals surface area (Å²) in [6, 6.07) is 7.57. The second-order valence-electron chi connectivity index (χ2n) is 6.93. The molecular formula is C22H33NO3. The number of hydrogen-bond donors (Lipinski definition) is 1. The lowest BCUT2D eigenvalue weighted by Crippen LogP contribution is -2.33. The Morgan fingerprint density at radius 1 is 1.15 bits per heavy atom. The molecule has 4 nitrogen and oxygen atoms in total. The molecule has 144 valence electrons. The van der Waals surface area contributed by atoms with E-state index in [1.807, 2.05) is 24.3 Å². The molecular weight excluding hydrogens is 326 g/mol. The molecule has 0 radical (unpaired) electrons. The first-order valence-electron chi connectivity index (χ1n) is 10.1. The van der Waals surface area contributed by atoms with E-state index in [9.17, 15) is 4.79 Å². The summed E-state index contributed by atoms with van der Waals surface area (Å²) in [6.45, 7) is 2.94. The van der Waals surface area contributed by atoms with Crippen molar-refractivity contribution < 1.29 is 14.4 Å². The van der Waals surface area contributed by atoms with Crippen LogP contribution in [0.3, 0.4) is 0 Å². The van der Waals surface area contributed by atoms with E-state index in [-0.39, 0.29) is 12.2 Å². The number of allylic oxidation sites excluding steroid dienone is 1. The van der Waals surface area contributed by atoms with Gasteiger partial charge in [0.25, 0.3) is 5.91 Å². The van der Waals surface area contributed by atoms with Crippen molar-refractivity contribution in [3.8, 4) is 0 Å². The minimum atomic E-state index is -0.322. The molecule has 0 spiro atoms. The number of benzene rings is 1. The quantitative estimate of drug-likeness (QED) is 0.411. The highest BCUT2D eigenvalue weighted by Gasteiger charge is 2.16. The molecule has 0 saturated carbocycles. The summed E-state index contributed by atoms with van der Waals surface area (Å²) in [6.07, 6.45) is 16.0. The molecule has 2 rings (SSSR count). The molecule has 0 aliphatic carbocycles. The first-order valence-corrected chi connectivity index (χ1v) is 10.1. The Labute approximate surface area is 157 Å². The summed E-state index contributed by atoms with van der Waals surface area (Å²) < 4.78 is 5.43. The predicted molar refractivity (Wildman–Crippen MR) is 106 cm³/mol. The Morgan fingerprint density at radius 3 is 2.65 bits per heavy atom. The molecule has 1 unspecified atom stereocenters. The fourth-order valence-electron chi connectivity index (χ4n) is 2.99. The number of unbranched alkanes of at least 4 members (excludes halogenated alkanes) is 6. The molecule has 1 heterocycles. The number of ether oxygens (including phenoxy) is 1. The van der Waals surface area contributed by atoms with Gasteiger partial charge < -0.3 is 4.74 Å². The number of amides is 1. The van der Waals surface area contributed by atoms with Gasteiger partial charge in [-0.15, -0.1) is 0 Å². The molecule has 1 saturated heterocycles. The Morgan fingerprint density at radius 2 is 1.92 bits per heavy atom. The fraction of sp³-hybridized carbons (Fsp3) is 0.591. The first kappa shape index (κ1) is 20.7. The summed E-state index contributed by atoms with van der Waals surface area (Å²) in [5.41, 5.74) is 4.19. The van der Waals surface area contributed by atoms with Crippen LogP contribution >= 0.6 is 0 Å². The van der Waals surface area contributed by atoms with Crippen LogP contribution in [0.25, 0.3) is 6.08 Å². The third kappa shape index (κ3) is 8.15. The van der Waals surface area contributed by atoms with Gasteiger partial charge in [0.2, 0.25) is 0 Å². The number of hydrogen-bond acceptors (Lipinski definition) is 3. The van der Waals surface area contributed by atoms with Gasteiger partial charge in [0, 0.05) is 18.6 Å². The second-order valence-corrected chi connectivity index (χ2v) is 6.93. The normalized spacial score (nSPS) is 17.5. The molecule has 1 atom stereocenters. The first-order chi connectivity index (χ1) is 12.8. The Hall–Kier alpha value is -1.65. The van der Waals surface area contributed by atoms with E-state index in [1.165, 1.54) is 38.5 Å². The van der Waals surface area contributed by atoms with E-state index in [0.717, 1.165) is 31.2 Å². The van der Waals surface area contributed by atoms with Crippen molar-refractivity contribution >= 4 is 12.0 Å². The summed E-state index contributed by atoms with van der Waals surface area (Å²) in [4.78, 5) is 17.4. The van der Waals surface area contributed by atoms with Gasteiger partial charge in [-0.3, -0.25) is 4.79 Å². The van der Waals surface area contributed by atoms with Crippen molar-refractivity contribution in [1.82, 2.24) is 5.48 Å². The van der Waals surface area contributed by atoms with Crippen LogP contribution < -0.4 is 5.48 Å². The van der Waals surface area contributed by atoms with Gasteiger partial charge >= 0.3 is 0 Å². The summed E-state index contributed by atoms with van der Waals surface area (Å²) in [7, 11) is 0. The van der Waals surface area contributed by atoms with Gasteiger partial charge in [-0.2, -0.15) is 0 Å². The third-order valence-electron chi connectivity index (χ3n) is 4.63. The molecule has 1 amide bonds. The van der Waals surface area contributed by atoms with Crippen LogP contribution in [-0.4, -0.2) is 18.8 Å². The maximum absolute atomic E-state index is 12.1. The van der Waals surface area contributed by atoms with Crippen molar-refractivity contribution in [3.05, 3.63) is 41.5 Å². The molecule has 26 heavy (non-hydrogen) atoms. The summed E-state index contributed by atoms with van der Waals surface area (Å²) in [5, 5.41) is 0. The van der Waals surface area contributed by atoms with Crippen LogP contribution in [0.5, 0.6) is 0 Å². The lowest BCUT2D eigenvalue weighted by Gasteiger charge is -2.22. The van der Waals surface area contributed by atoms with E-state index in [1.54, 1.807) is 0 Å². The highest BCUT2D eigenvalue weighted by atomic mass is 16.8. The highest BCUT2D eigenvalue weighted by molar-refractivity contribution is 5.93. The molecule has 4 heteroatoms. The van der Waals surface area contributed by atoms with Gasteiger partial charge in [0.15, 0.2) is 6.29 Å². The maximum Gasteiger partial charge on any atom is 0.274 e. The number of nitrogens with one attached hydrogen (secondary N) is 1. The molecule has 0 aromatic heterocycles. The molecule has 1 aliphatic rings. The van der Waals surface area contributed by atoms with Crippen LogP contribution in [0.2, 0.25) is 0 Å². The van der Waals surface area contributed by atoms with Crippen LogP contribution in [0, 0.1) is 0 Å². The van der Waals surface area contributed by atoms with E-state index >= 15 is 0 Å². The lowest BCUT2D eigenvalue weighted by molar-refractivity contribution is -0.186. The van der Waals surface area contributed by atoms with E-state index in [2.05, 4.69) is 24.6 Å². The van der Waals surface area contributed by atoms with Crippen LogP contribution in [0.4, 0.5) is 0 Å². The fourth-order valence-corrected chi connectivity index (χ4v) is 2.99. The van der Waals surface area contributed by atoms with Crippen molar-refractivity contribution in [2.24, 2.45) is 0 Å². The topological polar surface area (TPSA) is 47.6 Å². The van der Waals surface area contributed by atoms with Crippen LogP contribution in [0.15, 0.2) is 30.3 Å². The van der Waals surface area contributed by atoms with Crippen molar-refractivity contribution in [2.45, 2.75) is 77.4 Å². The van der Waals surface area contributed by atoms with Crippen LogP contribution in [-0.2, 0) is 9.57 Å². The number of hydroxylamine groups is 1. The average molecular weight is 360 g/mol. The standard InChI is InChI=1S/C22H33NO3/c1-2-3-4-5-6-7-8-9-12-19-14-16-20(17-15-19)22(24)23-26-21-13-10-11-18-25-21/h9,12,14-17,21H,2-8,10-11,13,18H2,1H3,(H,23,24)/b12-9-. The highest BCUT2D eigenvalue weighted by Crippen LogP contribution is 2.13. The molecule has 1 fully saturated rings. The van der Waals surface area contributed by atoms with E-state index in [4.69, 9.17) is 9.57 Å².